The summed E-state index contributed by atoms with van der Waals surface area (Å²) in [5, 5.41) is 14.2. The number of rotatable bonds is 6. The molecule has 0 aromatic rings. The maximum absolute atomic E-state index is 11.7. The second-order valence-electron chi connectivity index (χ2n) is 5.46. The van der Waals surface area contributed by atoms with Crippen molar-refractivity contribution in [2.45, 2.75) is 39.2 Å². The first-order valence-electron chi connectivity index (χ1n) is 6.84. The summed E-state index contributed by atoms with van der Waals surface area (Å²) in [6.45, 7) is 5.83. The molecule has 3 N–H and O–H groups in total. The van der Waals surface area contributed by atoms with Crippen LogP contribution in [0.25, 0.3) is 0 Å². The van der Waals surface area contributed by atoms with Crippen LogP contribution in [0.1, 0.15) is 33.1 Å². The van der Waals surface area contributed by atoms with Gasteiger partial charge in [-0.15, -0.1) is 0 Å². The molecule has 2 amide bonds. The van der Waals surface area contributed by atoms with E-state index in [4.69, 9.17) is 9.84 Å². The van der Waals surface area contributed by atoms with Crippen LogP contribution in [0.15, 0.2) is 0 Å². The van der Waals surface area contributed by atoms with Crippen molar-refractivity contribution in [1.82, 2.24) is 10.6 Å². The van der Waals surface area contributed by atoms with Gasteiger partial charge in [0.15, 0.2) is 0 Å². The van der Waals surface area contributed by atoms with Crippen LogP contribution in [0.3, 0.4) is 0 Å². The zero-order chi connectivity index (χ0) is 14.3. The molecule has 0 aromatic heterocycles. The van der Waals surface area contributed by atoms with E-state index < -0.39 is 18.0 Å². The van der Waals surface area contributed by atoms with Gasteiger partial charge in [0.2, 0.25) is 0 Å². The summed E-state index contributed by atoms with van der Waals surface area (Å²) in [7, 11) is 0. The first-order chi connectivity index (χ1) is 8.99. The Morgan fingerprint density at radius 3 is 2.68 bits per heavy atom. The summed E-state index contributed by atoms with van der Waals surface area (Å²) in [6.07, 6.45) is 2.48. The fraction of sp³-hybridized carbons (Fsp3) is 0.846. The first-order valence-corrected chi connectivity index (χ1v) is 6.84. The molecule has 6 heteroatoms. The van der Waals surface area contributed by atoms with Crippen molar-refractivity contribution in [3.05, 3.63) is 0 Å². The molecule has 1 rings (SSSR count). The summed E-state index contributed by atoms with van der Waals surface area (Å²) in [6, 6.07) is -1.25. The lowest BCUT2D eigenvalue weighted by Crippen LogP contribution is -2.48. The number of carboxylic acid groups (broad SMARTS) is 1. The third-order valence-electron chi connectivity index (χ3n) is 3.12. The summed E-state index contributed by atoms with van der Waals surface area (Å²) in [5.41, 5.74) is 0. The van der Waals surface area contributed by atoms with Crippen LogP contribution in [0, 0.1) is 11.8 Å². The van der Waals surface area contributed by atoms with Gasteiger partial charge >= 0.3 is 12.0 Å². The van der Waals surface area contributed by atoms with Gasteiger partial charge in [0.25, 0.3) is 0 Å². The van der Waals surface area contributed by atoms with E-state index in [-0.39, 0.29) is 5.92 Å². The Hall–Kier alpha value is -1.30. The van der Waals surface area contributed by atoms with Crippen molar-refractivity contribution in [1.29, 1.82) is 0 Å². The summed E-state index contributed by atoms with van der Waals surface area (Å²) < 4.78 is 5.32. The summed E-state index contributed by atoms with van der Waals surface area (Å²) in [4.78, 5) is 22.7. The number of amides is 2. The van der Waals surface area contributed by atoms with Gasteiger partial charge in [-0.3, -0.25) is 0 Å². The Kier molecular flexibility index (Phi) is 6.62. The predicted molar refractivity (Wildman–Crippen MR) is 71.0 cm³/mol. The van der Waals surface area contributed by atoms with Gasteiger partial charge in [-0.2, -0.15) is 0 Å². The van der Waals surface area contributed by atoms with Crippen molar-refractivity contribution >= 4 is 12.0 Å². The zero-order valence-electron chi connectivity index (χ0n) is 11.6. The number of hydrogen-bond acceptors (Lipinski definition) is 3. The Labute approximate surface area is 113 Å². The second kappa shape index (κ2) is 7.99. The molecule has 1 fully saturated rings. The minimum Gasteiger partial charge on any atom is -0.480 e. The number of nitrogens with one attached hydrogen (secondary N) is 2. The molecule has 1 heterocycles. The lowest BCUT2D eigenvalue weighted by Gasteiger charge is -2.23. The highest BCUT2D eigenvalue weighted by Crippen LogP contribution is 2.12. The number of aliphatic carboxylic acids is 1. The molecule has 0 spiro atoms. The van der Waals surface area contributed by atoms with E-state index in [1.807, 2.05) is 13.8 Å². The number of hydrogen-bond donors (Lipinski definition) is 3. The quantitative estimate of drug-likeness (QED) is 0.678. The molecule has 0 aliphatic carbocycles. The van der Waals surface area contributed by atoms with Crippen LogP contribution in [0.2, 0.25) is 0 Å². The molecule has 110 valence electrons. The van der Waals surface area contributed by atoms with Crippen LogP contribution in [-0.2, 0) is 9.53 Å². The van der Waals surface area contributed by atoms with Gasteiger partial charge in [0.1, 0.15) is 6.04 Å². The number of urea groups is 1. The van der Waals surface area contributed by atoms with E-state index in [1.54, 1.807) is 0 Å². The van der Waals surface area contributed by atoms with Crippen molar-refractivity contribution in [3.8, 4) is 0 Å². The molecule has 1 aliphatic rings. The Bertz CT molecular complexity index is 301. The fourth-order valence-corrected chi connectivity index (χ4v) is 2.11. The van der Waals surface area contributed by atoms with E-state index in [1.165, 1.54) is 0 Å². The maximum Gasteiger partial charge on any atom is 0.326 e. The molecule has 6 nitrogen and oxygen atoms in total. The van der Waals surface area contributed by atoms with Gasteiger partial charge in [-0.25, -0.2) is 9.59 Å². The third-order valence-corrected chi connectivity index (χ3v) is 3.12. The topological polar surface area (TPSA) is 87.7 Å². The molecule has 0 radical (unpaired) electrons. The van der Waals surface area contributed by atoms with E-state index in [0.717, 1.165) is 19.4 Å². The van der Waals surface area contributed by atoms with Crippen LogP contribution >= 0.6 is 0 Å². The average Bonchev–Trinajstić information content (AvgIpc) is 2.36. The highest BCUT2D eigenvalue weighted by atomic mass is 16.5. The van der Waals surface area contributed by atoms with Crippen LogP contribution in [0.5, 0.6) is 0 Å². The normalized spacial score (nSPS) is 20.9. The highest BCUT2D eigenvalue weighted by Gasteiger charge is 2.21. The second-order valence-corrected chi connectivity index (χ2v) is 5.46. The number of ether oxygens (including phenoxy) is 1. The molecule has 1 aliphatic heterocycles. The van der Waals surface area contributed by atoms with Crippen LogP contribution in [0.4, 0.5) is 4.79 Å². The molecule has 2 atom stereocenters. The number of carbonyl (C=O) groups excluding carboxylic acids is 1. The van der Waals surface area contributed by atoms with Crippen molar-refractivity contribution < 1.29 is 19.4 Å². The minimum atomic E-state index is -0.996. The van der Waals surface area contributed by atoms with Crippen LogP contribution in [-0.4, -0.2) is 42.9 Å². The monoisotopic (exact) mass is 272 g/mol. The molecular weight excluding hydrogens is 248 g/mol. The van der Waals surface area contributed by atoms with Gasteiger partial charge in [-0.1, -0.05) is 13.8 Å². The molecule has 0 saturated carbocycles. The maximum atomic E-state index is 11.7. The minimum absolute atomic E-state index is 0.216. The summed E-state index contributed by atoms with van der Waals surface area (Å²) >= 11 is 0. The van der Waals surface area contributed by atoms with Crippen LogP contribution < -0.4 is 10.6 Å². The van der Waals surface area contributed by atoms with Crippen molar-refractivity contribution in [3.63, 3.8) is 0 Å². The van der Waals surface area contributed by atoms with Gasteiger partial charge in [0.05, 0.1) is 6.61 Å². The van der Waals surface area contributed by atoms with E-state index in [0.29, 0.717) is 25.5 Å². The van der Waals surface area contributed by atoms with E-state index in [9.17, 15) is 9.59 Å². The third kappa shape index (κ3) is 6.42. The average molecular weight is 272 g/mol. The zero-order valence-corrected chi connectivity index (χ0v) is 11.6. The highest BCUT2D eigenvalue weighted by molar-refractivity contribution is 5.82. The molecule has 0 aromatic carbocycles. The molecule has 19 heavy (non-hydrogen) atoms. The van der Waals surface area contributed by atoms with Gasteiger partial charge in [0, 0.05) is 13.2 Å². The Balaban J connectivity index is 2.29. The standard InChI is InChI=1S/C13H24N2O4/c1-9(2)6-11(12(16)17)15-13(18)14-7-10-4-3-5-19-8-10/h9-11H,3-8H2,1-2H3,(H,16,17)(H2,14,15,18). The van der Waals surface area contributed by atoms with E-state index in [2.05, 4.69) is 10.6 Å². The largest absolute Gasteiger partial charge is 0.480 e. The summed E-state index contributed by atoms with van der Waals surface area (Å²) in [5.74, 6) is -0.453. The van der Waals surface area contributed by atoms with Gasteiger partial charge < -0.3 is 20.5 Å². The smallest absolute Gasteiger partial charge is 0.326 e. The van der Waals surface area contributed by atoms with Gasteiger partial charge in [-0.05, 0) is 31.1 Å². The SMILES string of the molecule is CC(C)CC(NC(=O)NCC1CCCOC1)C(=O)O. The number of carbonyl (C=O) groups is 2. The predicted octanol–water partition coefficient (Wildman–Crippen LogP) is 1.21. The molecule has 1 saturated heterocycles. The Morgan fingerprint density at radius 2 is 2.16 bits per heavy atom. The molecule has 2 unspecified atom stereocenters. The van der Waals surface area contributed by atoms with Crippen molar-refractivity contribution in [2.75, 3.05) is 19.8 Å². The van der Waals surface area contributed by atoms with E-state index >= 15 is 0 Å². The lowest BCUT2D eigenvalue weighted by molar-refractivity contribution is -0.139. The van der Waals surface area contributed by atoms with Crippen molar-refractivity contribution in [2.24, 2.45) is 11.8 Å². The number of carboxylic acids is 1. The first kappa shape index (κ1) is 15.8. The molecule has 0 bridgehead atoms. The Morgan fingerprint density at radius 1 is 1.42 bits per heavy atom. The molecular formula is C13H24N2O4. The lowest BCUT2D eigenvalue weighted by atomic mass is 10.0. The fourth-order valence-electron chi connectivity index (χ4n) is 2.11.